The van der Waals surface area contributed by atoms with Crippen molar-refractivity contribution < 1.29 is 4.79 Å². The van der Waals surface area contributed by atoms with Crippen molar-refractivity contribution in [3.63, 3.8) is 0 Å². The normalized spacial score (nSPS) is 20.5. The third-order valence-corrected chi connectivity index (χ3v) is 5.90. The highest BCUT2D eigenvalue weighted by molar-refractivity contribution is 6.06. The monoisotopic (exact) mass is 360 g/mol. The summed E-state index contributed by atoms with van der Waals surface area (Å²) in [5.74, 6) is 1.55. The summed E-state index contributed by atoms with van der Waals surface area (Å²) in [6.07, 6.45) is 2.53. The minimum Gasteiger partial charge on any atom is -0.350 e. The van der Waals surface area contributed by atoms with Crippen LogP contribution in [0.2, 0.25) is 0 Å². The molecular formula is C22H24N4O. The summed E-state index contributed by atoms with van der Waals surface area (Å²) in [6, 6.07) is 14.7. The summed E-state index contributed by atoms with van der Waals surface area (Å²) < 4.78 is 2.19. The number of aromatic nitrogens is 2. The minimum absolute atomic E-state index is 0.0115. The van der Waals surface area contributed by atoms with Crippen molar-refractivity contribution in [3.8, 4) is 11.4 Å². The molecule has 1 aromatic heterocycles. The Balaban J connectivity index is 1.55. The van der Waals surface area contributed by atoms with Gasteiger partial charge >= 0.3 is 0 Å². The van der Waals surface area contributed by atoms with Crippen molar-refractivity contribution in [1.29, 1.82) is 0 Å². The number of likely N-dealkylation sites (N-methyl/N-ethyl adjacent to an activating group) is 1. The molecule has 0 aliphatic carbocycles. The number of carbonyl (C=O) groups excluding carboxylic acids is 1. The van der Waals surface area contributed by atoms with Gasteiger partial charge in [-0.2, -0.15) is 0 Å². The molecule has 5 heteroatoms. The van der Waals surface area contributed by atoms with Gasteiger partial charge in [0.2, 0.25) is 0 Å². The number of rotatable bonds is 2. The Morgan fingerprint density at radius 1 is 1.11 bits per heavy atom. The number of carbonyl (C=O) groups is 1. The Morgan fingerprint density at radius 3 is 2.78 bits per heavy atom. The van der Waals surface area contributed by atoms with Gasteiger partial charge in [-0.3, -0.25) is 4.79 Å². The van der Waals surface area contributed by atoms with Gasteiger partial charge in [-0.25, -0.2) is 4.98 Å². The summed E-state index contributed by atoms with van der Waals surface area (Å²) >= 11 is 0. The van der Waals surface area contributed by atoms with E-state index in [1.54, 1.807) is 0 Å². The fourth-order valence-electron chi connectivity index (χ4n) is 4.53. The van der Waals surface area contributed by atoms with E-state index in [0.717, 1.165) is 35.5 Å². The van der Waals surface area contributed by atoms with Crippen LogP contribution in [-0.2, 0) is 6.54 Å². The number of nitrogens with zero attached hydrogens (tertiary/aromatic N) is 3. The van der Waals surface area contributed by atoms with Crippen LogP contribution >= 0.6 is 0 Å². The topological polar surface area (TPSA) is 50.2 Å². The highest BCUT2D eigenvalue weighted by Gasteiger charge is 2.22. The summed E-state index contributed by atoms with van der Waals surface area (Å²) in [6.45, 7) is 3.70. The largest absolute Gasteiger partial charge is 0.350 e. The summed E-state index contributed by atoms with van der Waals surface area (Å²) in [5.41, 5.74) is 5.07. The van der Waals surface area contributed by atoms with Gasteiger partial charge < -0.3 is 14.8 Å². The van der Waals surface area contributed by atoms with E-state index in [4.69, 9.17) is 4.98 Å². The molecule has 0 bridgehead atoms. The van der Waals surface area contributed by atoms with Gasteiger partial charge in [0.15, 0.2) is 0 Å². The van der Waals surface area contributed by atoms with Crippen molar-refractivity contribution >= 4 is 16.9 Å². The molecule has 3 aromatic rings. The van der Waals surface area contributed by atoms with Crippen molar-refractivity contribution in [2.75, 3.05) is 26.7 Å². The summed E-state index contributed by atoms with van der Waals surface area (Å²) in [4.78, 5) is 19.6. The number of para-hydroxylation sites is 1. The molecule has 1 unspecified atom stereocenters. The molecule has 0 spiro atoms. The smallest absolute Gasteiger partial charge is 0.253 e. The second kappa shape index (κ2) is 6.50. The number of nitrogens with one attached hydrogen (secondary N) is 1. The molecule has 5 nitrogen and oxygen atoms in total. The van der Waals surface area contributed by atoms with Gasteiger partial charge in [0.1, 0.15) is 5.82 Å². The van der Waals surface area contributed by atoms with Gasteiger partial charge in [0.05, 0.1) is 16.6 Å². The SMILES string of the molecule is CN1CCCC(c2ccc(-c3nc4cccc5c4n3CCNC5=O)cc2)C1. The van der Waals surface area contributed by atoms with E-state index in [9.17, 15) is 4.79 Å². The highest BCUT2D eigenvalue weighted by atomic mass is 16.1. The standard InChI is InChI=1S/C22H24N4O/c1-25-12-3-4-17(14-25)15-7-9-16(10-8-15)21-24-19-6-2-5-18-20(19)26(21)13-11-23-22(18)27/h2,5-10,17H,3-4,11-14H2,1H3,(H,23,27). The maximum atomic E-state index is 12.3. The van der Waals surface area contributed by atoms with Crippen LogP contribution in [0.15, 0.2) is 42.5 Å². The number of likely N-dealkylation sites (tertiary alicyclic amines) is 1. The van der Waals surface area contributed by atoms with E-state index in [-0.39, 0.29) is 5.91 Å². The Morgan fingerprint density at radius 2 is 1.96 bits per heavy atom. The lowest BCUT2D eigenvalue weighted by Gasteiger charge is -2.30. The van der Waals surface area contributed by atoms with Gasteiger partial charge in [-0.1, -0.05) is 30.3 Å². The van der Waals surface area contributed by atoms with Crippen LogP contribution < -0.4 is 5.32 Å². The van der Waals surface area contributed by atoms with E-state index < -0.39 is 0 Å². The van der Waals surface area contributed by atoms with Crippen LogP contribution in [0, 0.1) is 0 Å². The van der Waals surface area contributed by atoms with Gasteiger partial charge in [0.25, 0.3) is 5.91 Å². The molecule has 1 saturated heterocycles. The highest BCUT2D eigenvalue weighted by Crippen LogP contribution is 2.31. The third-order valence-electron chi connectivity index (χ3n) is 5.90. The molecule has 2 aliphatic heterocycles. The zero-order valence-corrected chi connectivity index (χ0v) is 15.6. The number of benzene rings is 2. The molecule has 5 rings (SSSR count). The van der Waals surface area contributed by atoms with Crippen molar-refractivity contribution in [1.82, 2.24) is 19.8 Å². The molecule has 138 valence electrons. The first-order valence-corrected chi connectivity index (χ1v) is 9.77. The number of hydrogen-bond donors (Lipinski definition) is 1. The fourth-order valence-corrected chi connectivity index (χ4v) is 4.53. The number of imidazole rings is 1. The molecule has 1 amide bonds. The van der Waals surface area contributed by atoms with E-state index in [2.05, 4.69) is 46.1 Å². The molecule has 0 saturated carbocycles. The van der Waals surface area contributed by atoms with Crippen molar-refractivity contribution in [2.45, 2.75) is 25.3 Å². The van der Waals surface area contributed by atoms with Gasteiger partial charge in [-0.05, 0) is 50.0 Å². The molecule has 2 aromatic carbocycles. The molecule has 2 aliphatic rings. The Kier molecular flexibility index (Phi) is 3.97. The predicted octanol–water partition coefficient (Wildman–Crippen LogP) is 3.26. The second-order valence-corrected chi connectivity index (χ2v) is 7.74. The first-order chi connectivity index (χ1) is 13.2. The van der Waals surface area contributed by atoms with Gasteiger partial charge in [0, 0.05) is 25.2 Å². The number of hydrogen-bond acceptors (Lipinski definition) is 3. The zero-order chi connectivity index (χ0) is 18.4. The lowest BCUT2D eigenvalue weighted by Crippen LogP contribution is -2.30. The van der Waals surface area contributed by atoms with Crippen molar-refractivity contribution in [3.05, 3.63) is 53.6 Å². The minimum atomic E-state index is -0.0115. The number of amides is 1. The molecule has 1 fully saturated rings. The third kappa shape index (κ3) is 2.82. The first-order valence-electron chi connectivity index (χ1n) is 9.77. The number of piperidine rings is 1. The second-order valence-electron chi connectivity index (χ2n) is 7.74. The summed E-state index contributed by atoms with van der Waals surface area (Å²) in [5, 5.41) is 2.98. The Labute approximate surface area is 159 Å². The van der Waals surface area contributed by atoms with Crippen LogP contribution in [0.3, 0.4) is 0 Å². The maximum Gasteiger partial charge on any atom is 0.253 e. The lowest BCUT2D eigenvalue weighted by atomic mass is 9.90. The van der Waals surface area contributed by atoms with Crippen LogP contribution in [0.4, 0.5) is 0 Å². The van der Waals surface area contributed by atoms with Crippen LogP contribution in [0.1, 0.15) is 34.7 Å². The van der Waals surface area contributed by atoms with E-state index in [0.29, 0.717) is 18.0 Å². The Hall–Kier alpha value is -2.66. The molecule has 27 heavy (non-hydrogen) atoms. The van der Waals surface area contributed by atoms with Crippen LogP contribution in [-0.4, -0.2) is 47.0 Å². The van der Waals surface area contributed by atoms with E-state index in [1.807, 2.05) is 18.2 Å². The molecule has 3 heterocycles. The maximum absolute atomic E-state index is 12.3. The molecule has 1 atom stereocenters. The van der Waals surface area contributed by atoms with E-state index >= 15 is 0 Å². The van der Waals surface area contributed by atoms with Crippen LogP contribution in [0.25, 0.3) is 22.4 Å². The molecule has 0 radical (unpaired) electrons. The lowest BCUT2D eigenvalue weighted by molar-refractivity contribution is 0.0956. The average molecular weight is 360 g/mol. The first kappa shape index (κ1) is 16.5. The van der Waals surface area contributed by atoms with Gasteiger partial charge in [-0.15, -0.1) is 0 Å². The fraction of sp³-hybridized carbons (Fsp3) is 0.364. The average Bonchev–Trinajstić information content (AvgIpc) is 2.97. The molecular weight excluding hydrogens is 336 g/mol. The van der Waals surface area contributed by atoms with E-state index in [1.165, 1.54) is 24.9 Å². The van der Waals surface area contributed by atoms with Crippen LogP contribution in [0.5, 0.6) is 0 Å². The summed E-state index contributed by atoms with van der Waals surface area (Å²) in [7, 11) is 2.21. The Bertz CT molecular complexity index is 1010. The quantitative estimate of drug-likeness (QED) is 0.763. The molecule has 1 N–H and O–H groups in total. The zero-order valence-electron chi connectivity index (χ0n) is 15.6. The predicted molar refractivity (Wildman–Crippen MR) is 107 cm³/mol. The van der Waals surface area contributed by atoms with Crippen molar-refractivity contribution in [2.24, 2.45) is 0 Å².